The zero-order valence-corrected chi connectivity index (χ0v) is 15.9. The van der Waals surface area contributed by atoms with Crippen LogP contribution in [0.25, 0.3) is 0 Å². The van der Waals surface area contributed by atoms with Crippen LogP contribution in [0.15, 0.2) is 24.3 Å². The summed E-state index contributed by atoms with van der Waals surface area (Å²) < 4.78 is 56.4. The number of likely N-dealkylation sites (tertiary alicyclic amines) is 1. The smallest absolute Gasteiger partial charge is 0.490 e. The van der Waals surface area contributed by atoms with Crippen LogP contribution >= 0.6 is 0 Å². The molecular formula is C19H26F3NO5. The third-order valence-electron chi connectivity index (χ3n) is 4.20. The van der Waals surface area contributed by atoms with Crippen LogP contribution in [0.1, 0.15) is 26.2 Å². The second-order valence-corrected chi connectivity index (χ2v) is 6.35. The zero-order chi connectivity index (χ0) is 20.4. The van der Waals surface area contributed by atoms with E-state index in [-0.39, 0.29) is 24.2 Å². The number of nitrogens with zero attached hydrogens (tertiary/aromatic N) is 1. The van der Waals surface area contributed by atoms with E-state index in [1.807, 2.05) is 0 Å². The fourth-order valence-electron chi connectivity index (χ4n) is 2.85. The summed E-state index contributed by atoms with van der Waals surface area (Å²) in [5.41, 5.74) is 0. The Bertz CT molecular complexity index is 586. The summed E-state index contributed by atoms with van der Waals surface area (Å²) in [5.74, 6) is 0.00589. The van der Waals surface area contributed by atoms with Crippen LogP contribution in [0.3, 0.4) is 0 Å². The zero-order valence-electron chi connectivity index (χ0n) is 15.9. The second kappa shape index (κ2) is 11.1. The van der Waals surface area contributed by atoms with Gasteiger partial charge in [-0.3, -0.25) is 4.79 Å². The van der Waals surface area contributed by atoms with Gasteiger partial charge in [0, 0.05) is 19.6 Å². The normalized spacial score (nSPS) is 16.0. The van der Waals surface area contributed by atoms with Crippen molar-refractivity contribution < 1.29 is 36.9 Å². The van der Waals surface area contributed by atoms with Crippen molar-refractivity contribution in [3.05, 3.63) is 24.3 Å². The number of esters is 1. The minimum absolute atomic E-state index is 0.0235. The van der Waals surface area contributed by atoms with Crippen molar-refractivity contribution in [1.29, 1.82) is 0 Å². The summed E-state index contributed by atoms with van der Waals surface area (Å²) in [6, 6.07) is 5.44. The summed E-state index contributed by atoms with van der Waals surface area (Å²) >= 11 is 0. The van der Waals surface area contributed by atoms with Crippen LogP contribution in [-0.2, 0) is 14.3 Å². The molecule has 158 valence electrons. The number of piperidine rings is 1. The molecule has 1 heterocycles. The fourth-order valence-corrected chi connectivity index (χ4v) is 2.85. The van der Waals surface area contributed by atoms with Gasteiger partial charge in [-0.1, -0.05) is 0 Å². The average Bonchev–Trinajstić information content (AvgIpc) is 2.63. The Kier molecular flexibility index (Phi) is 8.85. The molecular weight excluding hydrogens is 379 g/mol. The predicted octanol–water partition coefficient (Wildman–Crippen LogP) is 3.40. The number of carbonyl (C=O) groups excluding carboxylic acids is 1. The summed E-state index contributed by atoms with van der Waals surface area (Å²) in [6.45, 7) is 5.52. The van der Waals surface area contributed by atoms with Crippen LogP contribution in [0.4, 0.5) is 13.2 Å². The number of ether oxygens (including phenoxy) is 4. The Labute approximate surface area is 162 Å². The highest BCUT2D eigenvalue weighted by atomic mass is 19.4. The van der Waals surface area contributed by atoms with Gasteiger partial charge in [0.1, 0.15) is 17.6 Å². The van der Waals surface area contributed by atoms with Crippen molar-refractivity contribution in [3.63, 3.8) is 0 Å². The third kappa shape index (κ3) is 8.79. The van der Waals surface area contributed by atoms with Gasteiger partial charge in [0.25, 0.3) is 0 Å². The molecule has 0 bridgehead atoms. The number of benzene rings is 1. The van der Waals surface area contributed by atoms with E-state index in [4.69, 9.17) is 14.2 Å². The minimum Gasteiger partial charge on any atom is -0.490 e. The van der Waals surface area contributed by atoms with Crippen molar-refractivity contribution in [3.8, 4) is 11.5 Å². The number of rotatable bonds is 10. The molecule has 0 aliphatic carbocycles. The van der Waals surface area contributed by atoms with Crippen molar-refractivity contribution in [2.24, 2.45) is 0 Å². The maximum Gasteiger partial charge on any atom is 0.573 e. The van der Waals surface area contributed by atoms with Crippen LogP contribution in [-0.4, -0.2) is 62.8 Å². The minimum atomic E-state index is -4.70. The molecule has 0 saturated carbocycles. The largest absolute Gasteiger partial charge is 0.573 e. The molecule has 0 atom stereocenters. The summed E-state index contributed by atoms with van der Waals surface area (Å²) in [4.78, 5) is 13.4. The summed E-state index contributed by atoms with van der Waals surface area (Å²) in [6.07, 6.45) is -2.77. The molecule has 1 aliphatic heterocycles. The highest BCUT2D eigenvalue weighted by Crippen LogP contribution is 2.26. The third-order valence-corrected chi connectivity index (χ3v) is 4.20. The molecule has 0 amide bonds. The Morgan fingerprint density at radius 1 is 1.11 bits per heavy atom. The first-order chi connectivity index (χ1) is 13.4. The van der Waals surface area contributed by atoms with Gasteiger partial charge < -0.3 is 23.8 Å². The summed E-state index contributed by atoms with van der Waals surface area (Å²) in [7, 11) is 0. The molecule has 1 fully saturated rings. The first-order valence-electron chi connectivity index (χ1n) is 9.34. The molecule has 0 unspecified atom stereocenters. The molecule has 6 nitrogen and oxygen atoms in total. The molecule has 0 radical (unpaired) electrons. The Hall–Kier alpha value is -2.00. The fraction of sp³-hybridized carbons (Fsp3) is 0.632. The van der Waals surface area contributed by atoms with E-state index in [0.29, 0.717) is 25.6 Å². The highest BCUT2D eigenvalue weighted by Gasteiger charge is 2.31. The first-order valence-corrected chi connectivity index (χ1v) is 9.34. The Balaban J connectivity index is 1.60. The molecule has 1 aromatic rings. The van der Waals surface area contributed by atoms with E-state index < -0.39 is 6.36 Å². The van der Waals surface area contributed by atoms with Crippen molar-refractivity contribution in [1.82, 2.24) is 4.90 Å². The van der Waals surface area contributed by atoms with Gasteiger partial charge in [-0.25, -0.2) is 0 Å². The Morgan fingerprint density at radius 3 is 2.36 bits per heavy atom. The van der Waals surface area contributed by atoms with E-state index in [1.165, 1.54) is 24.3 Å². The molecule has 9 heteroatoms. The van der Waals surface area contributed by atoms with E-state index in [9.17, 15) is 18.0 Å². The number of halogens is 3. The second-order valence-electron chi connectivity index (χ2n) is 6.35. The van der Waals surface area contributed by atoms with Gasteiger partial charge >= 0.3 is 12.3 Å². The van der Waals surface area contributed by atoms with Crippen LogP contribution in [0.5, 0.6) is 11.5 Å². The molecule has 0 spiro atoms. The number of carbonyl (C=O) groups is 1. The van der Waals surface area contributed by atoms with E-state index in [1.54, 1.807) is 6.92 Å². The molecule has 0 N–H and O–H groups in total. The maximum atomic E-state index is 12.2. The lowest BCUT2D eigenvalue weighted by molar-refractivity contribution is -0.274. The van der Waals surface area contributed by atoms with Gasteiger partial charge in [0.2, 0.25) is 0 Å². The van der Waals surface area contributed by atoms with Crippen LogP contribution < -0.4 is 9.47 Å². The van der Waals surface area contributed by atoms with Gasteiger partial charge in [0.05, 0.1) is 26.2 Å². The number of hydrogen-bond acceptors (Lipinski definition) is 6. The first kappa shape index (κ1) is 22.3. The number of hydrogen-bond donors (Lipinski definition) is 0. The monoisotopic (exact) mass is 405 g/mol. The Morgan fingerprint density at radius 2 is 1.75 bits per heavy atom. The van der Waals surface area contributed by atoms with E-state index in [2.05, 4.69) is 9.64 Å². The van der Waals surface area contributed by atoms with Crippen molar-refractivity contribution in [2.45, 2.75) is 38.7 Å². The van der Waals surface area contributed by atoms with Gasteiger partial charge in [-0.2, -0.15) is 0 Å². The van der Waals surface area contributed by atoms with Gasteiger partial charge in [-0.05, 0) is 44.0 Å². The maximum absolute atomic E-state index is 12.2. The van der Waals surface area contributed by atoms with Crippen LogP contribution in [0.2, 0.25) is 0 Å². The molecule has 1 aliphatic rings. The molecule has 0 aromatic heterocycles. The topological polar surface area (TPSA) is 57.2 Å². The lowest BCUT2D eigenvalue weighted by atomic mass is 10.1. The predicted molar refractivity (Wildman–Crippen MR) is 95.3 cm³/mol. The average molecular weight is 405 g/mol. The van der Waals surface area contributed by atoms with Crippen LogP contribution in [0, 0.1) is 0 Å². The summed E-state index contributed by atoms with van der Waals surface area (Å²) in [5, 5.41) is 0. The number of alkyl halides is 3. The molecule has 1 saturated heterocycles. The lowest BCUT2D eigenvalue weighted by Gasteiger charge is -2.32. The van der Waals surface area contributed by atoms with Crippen molar-refractivity contribution >= 4 is 5.97 Å². The molecule has 2 rings (SSSR count). The highest BCUT2D eigenvalue weighted by molar-refractivity contribution is 5.69. The van der Waals surface area contributed by atoms with Crippen molar-refractivity contribution in [2.75, 3.05) is 39.5 Å². The molecule has 28 heavy (non-hydrogen) atoms. The quantitative estimate of drug-likeness (QED) is 0.439. The van der Waals surface area contributed by atoms with Gasteiger partial charge in [-0.15, -0.1) is 13.2 Å². The lowest BCUT2D eigenvalue weighted by Crippen LogP contribution is -2.39. The molecule has 1 aromatic carbocycles. The van der Waals surface area contributed by atoms with E-state index >= 15 is 0 Å². The SMILES string of the molecule is CCOC(=O)CCOCCN1CCC(Oc2ccc(OC(F)(F)F)cc2)CC1. The standard InChI is InChI=1S/C19H26F3NO5/c1-2-26-18(24)9-13-25-14-12-23-10-7-16(8-11-23)27-15-3-5-17(6-4-15)28-19(20,21)22/h3-6,16H,2,7-14H2,1H3. The van der Waals surface area contributed by atoms with Gasteiger partial charge in [0.15, 0.2) is 0 Å². The van der Waals surface area contributed by atoms with E-state index in [0.717, 1.165) is 32.5 Å².